The molecule has 0 fully saturated rings. The van der Waals surface area contributed by atoms with Gasteiger partial charge in [0.2, 0.25) is 0 Å². The summed E-state index contributed by atoms with van der Waals surface area (Å²) in [6, 6.07) is 13.6. The number of carbonyl (C=O) groups is 1. The highest BCUT2D eigenvalue weighted by Gasteiger charge is 2.23. The molecule has 5 rings (SSSR count). The van der Waals surface area contributed by atoms with Crippen LogP contribution in [0.4, 0.5) is 0 Å². The number of hydrogen-bond acceptors (Lipinski definition) is 4. The summed E-state index contributed by atoms with van der Waals surface area (Å²) in [5.74, 6) is -0.967. The second-order valence-electron chi connectivity index (χ2n) is 9.44. The maximum atomic E-state index is 12.9. The van der Waals surface area contributed by atoms with E-state index in [1.165, 1.54) is 21.1 Å². The third-order valence-corrected chi connectivity index (χ3v) is 5.74. The summed E-state index contributed by atoms with van der Waals surface area (Å²) in [4.78, 5) is 29.1. The number of carboxylic acids is 1. The molecule has 0 spiro atoms. The monoisotopic (exact) mass is 444 g/mol. The number of pyridine rings is 2. The van der Waals surface area contributed by atoms with E-state index >= 15 is 0 Å². The molecule has 0 amide bonds. The van der Waals surface area contributed by atoms with E-state index in [-0.39, 0.29) is 12.0 Å². The molecule has 6 heteroatoms. The Balaban J connectivity index is 0.000000471. The summed E-state index contributed by atoms with van der Waals surface area (Å²) in [6.07, 6.45) is 3.58. The number of fused-ring (bicyclic) bond motifs is 1. The molecular weight excluding hydrogens is 416 g/mol. The van der Waals surface area contributed by atoms with Crippen molar-refractivity contribution in [2.24, 2.45) is 7.05 Å². The summed E-state index contributed by atoms with van der Waals surface area (Å²) < 4.78 is 1.47. The van der Waals surface area contributed by atoms with E-state index in [0.717, 1.165) is 34.9 Å². The Morgan fingerprint density at radius 1 is 1.03 bits per heavy atom. The number of aliphatic hydroxyl groups is 1. The Morgan fingerprint density at radius 3 is 2.27 bits per heavy atom. The standard InChI is InChI=1S/C23H18N2O3.C4H10O/c1-25-18(12-19(26)27)21(15-4-2-3-5-16(15)23(25)28)17-9-8-13-6-7-14-10-11-24-22(17)20(13)14;1-4(2,3)5/h2-5,8-11H,6-7,12H2,1H3,(H,26,27);5H,1-3H3. The number of aryl methyl sites for hydroxylation is 2. The minimum Gasteiger partial charge on any atom is -0.481 e. The van der Waals surface area contributed by atoms with E-state index in [0.29, 0.717) is 11.1 Å². The molecule has 0 aliphatic heterocycles. The molecule has 33 heavy (non-hydrogen) atoms. The van der Waals surface area contributed by atoms with E-state index in [4.69, 9.17) is 5.11 Å². The highest BCUT2D eigenvalue weighted by molar-refractivity contribution is 6.07. The van der Waals surface area contributed by atoms with Crippen molar-refractivity contribution in [3.63, 3.8) is 0 Å². The van der Waals surface area contributed by atoms with Crippen molar-refractivity contribution >= 4 is 27.6 Å². The topological polar surface area (TPSA) is 92.4 Å². The van der Waals surface area contributed by atoms with Crippen molar-refractivity contribution in [1.29, 1.82) is 0 Å². The van der Waals surface area contributed by atoms with Gasteiger partial charge in [0.1, 0.15) is 0 Å². The van der Waals surface area contributed by atoms with Crippen molar-refractivity contribution in [1.82, 2.24) is 9.55 Å². The fourth-order valence-corrected chi connectivity index (χ4v) is 4.46. The van der Waals surface area contributed by atoms with Crippen molar-refractivity contribution in [2.45, 2.75) is 45.6 Å². The Labute approximate surface area is 192 Å². The number of rotatable bonds is 3. The molecule has 1 aliphatic carbocycles. The molecule has 1 aliphatic rings. The summed E-state index contributed by atoms with van der Waals surface area (Å²) in [5.41, 5.74) is 4.90. The van der Waals surface area contributed by atoms with Crippen LogP contribution in [-0.4, -0.2) is 31.3 Å². The molecule has 0 radical (unpaired) electrons. The molecule has 2 heterocycles. The third-order valence-electron chi connectivity index (χ3n) is 5.74. The second-order valence-corrected chi connectivity index (χ2v) is 9.44. The largest absolute Gasteiger partial charge is 0.481 e. The first-order valence-electron chi connectivity index (χ1n) is 11.0. The predicted molar refractivity (Wildman–Crippen MR) is 131 cm³/mol. The van der Waals surface area contributed by atoms with Gasteiger partial charge in [0.05, 0.1) is 17.5 Å². The van der Waals surface area contributed by atoms with Crippen molar-refractivity contribution in [2.75, 3.05) is 0 Å². The van der Waals surface area contributed by atoms with Crippen LogP contribution in [0.3, 0.4) is 0 Å². The SMILES string of the molecule is CC(C)(C)O.Cn1c(CC(=O)O)c(-c2ccc3c4c(ccnc24)CC3)c2ccccc2c1=O. The zero-order valence-electron chi connectivity index (χ0n) is 19.3. The van der Waals surface area contributed by atoms with Gasteiger partial charge in [-0.3, -0.25) is 14.6 Å². The van der Waals surface area contributed by atoms with Gasteiger partial charge >= 0.3 is 5.97 Å². The number of hydrogen-bond donors (Lipinski definition) is 2. The third kappa shape index (κ3) is 4.39. The van der Waals surface area contributed by atoms with Crippen LogP contribution < -0.4 is 5.56 Å². The van der Waals surface area contributed by atoms with Gasteiger partial charge in [-0.2, -0.15) is 0 Å². The van der Waals surface area contributed by atoms with Gasteiger partial charge in [-0.15, -0.1) is 0 Å². The molecule has 6 nitrogen and oxygen atoms in total. The molecule has 0 atom stereocenters. The lowest BCUT2D eigenvalue weighted by Gasteiger charge is -2.18. The van der Waals surface area contributed by atoms with Crippen molar-refractivity contribution in [3.8, 4) is 11.1 Å². The van der Waals surface area contributed by atoms with Crippen molar-refractivity contribution in [3.05, 3.63) is 75.8 Å². The van der Waals surface area contributed by atoms with E-state index < -0.39 is 11.6 Å². The first-order valence-corrected chi connectivity index (χ1v) is 11.0. The van der Waals surface area contributed by atoms with Crippen LogP contribution in [0, 0.1) is 0 Å². The zero-order chi connectivity index (χ0) is 23.9. The molecule has 4 aromatic rings. The van der Waals surface area contributed by atoms with E-state index in [9.17, 15) is 14.7 Å². The number of nitrogens with zero attached hydrogens (tertiary/aromatic N) is 2. The van der Waals surface area contributed by atoms with Crippen molar-refractivity contribution < 1.29 is 15.0 Å². The molecule has 0 unspecified atom stereocenters. The molecule has 0 bridgehead atoms. The number of carboxylic acid groups (broad SMARTS) is 1. The fourth-order valence-electron chi connectivity index (χ4n) is 4.46. The molecule has 2 aromatic heterocycles. The zero-order valence-corrected chi connectivity index (χ0v) is 19.3. The average Bonchev–Trinajstić information content (AvgIpc) is 3.17. The molecule has 0 saturated heterocycles. The normalized spacial score (nSPS) is 12.6. The Morgan fingerprint density at radius 2 is 1.64 bits per heavy atom. The summed E-state index contributed by atoms with van der Waals surface area (Å²) in [5, 5.41) is 20.5. The van der Waals surface area contributed by atoms with Gasteiger partial charge in [0, 0.05) is 40.8 Å². The molecule has 2 aromatic carbocycles. The minimum absolute atomic E-state index is 0.186. The first kappa shape index (κ1) is 22.7. The lowest BCUT2D eigenvalue weighted by Crippen LogP contribution is -2.23. The highest BCUT2D eigenvalue weighted by atomic mass is 16.4. The Bertz CT molecular complexity index is 1430. The lowest BCUT2D eigenvalue weighted by atomic mass is 9.92. The second kappa shape index (κ2) is 8.45. The highest BCUT2D eigenvalue weighted by Crippen LogP contribution is 2.39. The van der Waals surface area contributed by atoms with Crippen LogP contribution >= 0.6 is 0 Å². The van der Waals surface area contributed by atoms with Gasteiger partial charge in [-0.05, 0) is 62.3 Å². The van der Waals surface area contributed by atoms with Crippen LogP contribution in [0.15, 0.2) is 53.5 Å². The average molecular weight is 445 g/mol. The lowest BCUT2D eigenvalue weighted by molar-refractivity contribution is -0.136. The fraction of sp³-hybridized carbons (Fsp3) is 0.296. The maximum Gasteiger partial charge on any atom is 0.309 e. The maximum absolute atomic E-state index is 12.9. The number of benzene rings is 2. The molecular formula is C27H28N2O4. The van der Waals surface area contributed by atoms with Gasteiger partial charge in [-0.1, -0.05) is 30.3 Å². The summed E-state index contributed by atoms with van der Waals surface area (Å²) in [7, 11) is 1.64. The quantitative estimate of drug-likeness (QED) is 0.493. The number of aliphatic carboxylic acids is 1. The number of aromatic nitrogens is 2. The molecule has 0 saturated carbocycles. The van der Waals surface area contributed by atoms with Crippen LogP contribution in [0.5, 0.6) is 0 Å². The minimum atomic E-state index is -0.967. The van der Waals surface area contributed by atoms with E-state index in [1.807, 2.05) is 30.5 Å². The predicted octanol–water partition coefficient (Wildman–Crippen LogP) is 4.26. The van der Waals surface area contributed by atoms with Crippen LogP contribution in [0.1, 0.15) is 37.6 Å². The molecule has 2 N–H and O–H groups in total. The smallest absolute Gasteiger partial charge is 0.309 e. The summed E-state index contributed by atoms with van der Waals surface area (Å²) in [6.45, 7) is 5.23. The van der Waals surface area contributed by atoms with E-state index in [1.54, 1.807) is 33.9 Å². The van der Waals surface area contributed by atoms with Crippen LogP contribution in [-0.2, 0) is 31.1 Å². The van der Waals surface area contributed by atoms with Gasteiger partial charge < -0.3 is 14.8 Å². The van der Waals surface area contributed by atoms with Crippen LogP contribution in [0.2, 0.25) is 0 Å². The van der Waals surface area contributed by atoms with Gasteiger partial charge in [0.25, 0.3) is 5.56 Å². The van der Waals surface area contributed by atoms with Gasteiger partial charge in [0.15, 0.2) is 0 Å². The van der Waals surface area contributed by atoms with E-state index in [2.05, 4.69) is 17.1 Å². The first-order chi connectivity index (χ1) is 15.6. The summed E-state index contributed by atoms with van der Waals surface area (Å²) >= 11 is 0. The van der Waals surface area contributed by atoms with Gasteiger partial charge in [-0.25, -0.2) is 0 Å². The Hall–Kier alpha value is -3.51. The van der Waals surface area contributed by atoms with Crippen LogP contribution in [0.25, 0.3) is 32.8 Å². The molecule has 170 valence electrons. The Kier molecular flexibility index (Phi) is 5.80.